The van der Waals surface area contributed by atoms with E-state index in [4.69, 9.17) is 14.2 Å². The van der Waals surface area contributed by atoms with Crippen molar-refractivity contribution in [2.24, 2.45) is 0 Å². The summed E-state index contributed by atoms with van der Waals surface area (Å²) in [7, 11) is 4.55. The zero-order valence-corrected chi connectivity index (χ0v) is 20.9. The van der Waals surface area contributed by atoms with Gasteiger partial charge in [-0.3, -0.25) is 9.59 Å². The Morgan fingerprint density at radius 1 is 1.06 bits per heavy atom. The summed E-state index contributed by atoms with van der Waals surface area (Å²) in [5.74, 6) is -0.799. The van der Waals surface area contributed by atoms with E-state index >= 15 is 0 Å². The van der Waals surface area contributed by atoms with Gasteiger partial charge in [-0.2, -0.15) is 0 Å². The number of carbonyl (C=O) groups excluding carboxylic acids is 2. The van der Waals surface area contributed by atoms with Crippen LogP contribution < -0.4 is 9.47 Å². The molecular weight excluding hydrogens is 434 g/mol. The molecular formula is C27H33NO6. The van der Waals surface area contributed by atoms with Crippen LogP contribution in [-0.4, -0.2) is 56.2 Å². The Labute approximate surface area is 200 Å². The second-order valence-electron chi connectivity index (χ2n) is 9.35. The first-order valence-electron chi connectivity index (χ1n) is 11.2. The van der Waals surface area contributed by atoms with E-state index < -0.39 is 17.7 Å². The molecule has 0 saturated carbocycles. The highest BCUT2D eigenvalue weighted by Crippen LogP contribution is 2.45. The Bertz CT molecular complexity index is 1130. The number of rotatable bonds is 7. The molecule has 1 heterocycles. The zero-order chi connectivity index (χ0) is 25.2. The molecule has 1 fully saturated rings. The zero-order valence-electron chi connectivity index (χ0n) is 20.9. The molecule has 34 heavy (non-hydrogen) atoms. The number of aliphatic hydroxyl groups excluding tert-OH is 1. The number of Topliss-reactive ketones (excluding diaryl/α,β-unsaturated/α-hetero) is 1. The highest BCUT2D eigenvalue weighted by molar-refractivity contribution is 6.46. The number of carbonyl (C=O) groups is 2. The van der Waals surface area contributed by atoms with E-state index in [2.05, 4.69) is 20.8 Å². The first-order valence-corrected chi connectivity index (χ1v) is 11.2. The van der Waals surface area contributed by atoms with E-state index in [1.165, 1.54) is 26.2 Å². The van der Waals surface area contributed by atoms with E-state index in [9.17, 15) is 14.7 Å². The summed E-state index contributed by atoms with van der Waals surface area (Å²) in [6.45, 7) is 8.49. The van der Waals surface area contributed by atoms with Gasteiger partial charge in [-0.15, -0.1) is 0 Å². The molecule has 7 heteroatoms. The third-order valence-electron chi connectivity index (χ3n) is 6.16. The molecule has 3 rings (SSSR count). The third-order valence-corrected chi connectivity index (χ3v) is 6.16. The highest BCUT2D eigenvalue weighted by Gasteiger charge is 2.47. The Morgan fingerprint density at radius 3 is 2.35 bits per heavy atom. The first kappa shape index (κ1) is 25.3. The largest absolute Gasteiger partial charge is 0.507 e. The number of para-hydroxylation sites is 1. The summed E-state index contributed by atoms with van der Waals surface area (Å²) in [4.78, 5) is 27.8. The molecule has 1 aliphatic rings. The summed E-state index contributed by atoms with van der Waals surface area (Å²) in [5, 5.41) is 11.5. The number of hydrogen-bond donors (Lipinski definition) is 1. The maximum atomic E-state index is 13.3. The Kier molecular flexibility index (Phi) is 7.36. The molecule has 1 amide bonds. The number of methoxy groups -OCH3 is 3. The lowest BCUT2D eigenvalue weighted by atomic mass is 9.84. The van der Waals surface area contributed by atoms with Gasteiger partial charge in [0.25, 0.3) is 11.7 Å². The van der Waals surface area contributed by atoms with Crippen molar-refractivity contribution in [1.29, 1.82) is 0 Å². The van der Waals surface area contributed by atoms with E-state index in [-0.39, 0.29) is 29.9 Å². The van der Waals surface area contributed by atoms with Crippen LogP contribution in [0.15, 0.2) is 42.0 Å². The monoisotopic (exact) mass is 467 g/mol. The van der Waals surface area contributed by atoms with Crippen molar-refractivity contribution in [2.75, 3.05) is 34.5 Å². The number of ketones is 1. The van der Waals surface area contributed by atoms with E-state index in [1.807, 2.05) is 25.1 Å². The van der Waals surface area contributed by atoms with Crippen molar-refractivity contribution in [3.8, 4) is 11.5 Å². The minimum atomic E-state index is -0.863. The second-order valence-corrected chi connectivity index (χ2v) is 9.35. The van der Waals surface area contributed by atoms with Gasteiger partial charge in [0.05, 0.1) is 32.4 Å². The van der Waals surface area contributed by atoms with Gasteiger partial charge in [0.1, 0.15) is 5.76 Å². The molecule has 0 spiro atoms. The van der Waals surface area contributed by atoms with E-state index in [0.717, 1.165) is 11.1 Å². The minimum Gasteiger partial charge on any atom is -0.507 e. The van der Waals surface area contributed by atoms with Gasteiger partial charge in [-0.25, -0.2) is 0 Å². The predicted octanol–water partition coefficient (Wildman–Crippen LogP) is 4.38. The van der Waals surface area contributed by atoms with Gasteiger partial charge in [0.15, 0.2) is 11.5 Å². The summed E-state index contributed by atoms with van der Waals surface area (Å²) in [5.41, 5.74) is 2.71. The number of nitrogens with zero attached hydrogens (tertiary/aromatic N) is 1. The van der Waals surface area contributed by atoms with E-state index in [1.54, 1.807) is 18.2 Å². The van der Waals surface area contributed by atoms with Crippen molar-refractivity contribution in [3.05, 3.63) is 64.2 Å². The van der Waals surface area contributed by atoms with Crippen molar-refractivity contribution in [2.45, 2.75) is 39.2 Å². The Morgan fingerprint density at radius 2 is 1.76 bits per heavy atom. The average molecular weight is 468 g/mol. The van der Waals surface area contributed by atoms with Crippen LogP contribution in [0.4, 0.5) is 0 Å². The molecule has 1 unspecified atom stereocenters. The van der Waals surface area contributed by atoms with E-state index in [0.29, 0.717) is 22.6 Å². The normalized spacial score (nSPS) is 17.9. The molecule has 1 aliphatic heterocycles. The number of benzene rings is 2. The lowest BCUT2D eigenvalue weighted by Gasteiger charge is -2.27. The number of hydrogen-bond acceptors (Lipinski definition) is 6. The average Bonchev–Trinajstić information content (AvgIpc) is 3.05. The summed E-state index contributed by atoms with van der Waals surface area (Å²) in [6, 6.07) is 10.2. The van der Waals surface area contributed by atoms with Crippen LogP contribution in [0.2, 0.25) is 0 Å². The molecule has 0 radical (unpaired) electrons. The molecule has 0 aliphatic carbocycles. The highest BCUT2D eigenvalue weighted by atomic mass is 16.5. The lowest BCUT2D eigenvalue weighted by Crippen LogP contribution is -2.32. The van der Waals surface area contributed by atoms with Crippen LogP contribution in [0.3, 0.4) is 0 Å². The van der Waals surface area contributed by atoms with Gasteiger partial charge < -0.3 is 24.2 Å². The number of amides is 1. The van der Waals surface area contributed by atoms with Crippen LogP contribution in [0.25, 0.3) is 5.76 Å². The van der Waals surface area contributed by atoms with Crippen LogP contribution in [-0.2, 0) is 19.7 Å². The molecule has 2 aromatic carbocycles. The van der Waals surface area contributed by atoms with Crippen molar-refractivity contribution in [1.82, 2.24) is 4.90 Å². The fourth-order valence-corrected chi connectivity index (χ4v) is 4.24. The van der Waals surface area contributed by atoms with Crippen molar-refractivity contribution in [3.63, 3.8) is 0 Å². The molecule has 182 valence electrons. The number of likely N-dealkylation sites (tertiary alicyclic amines) is 1. The maximum absolute atomic E-state index is 13.3. The molecule has 1 saturated heterocycles. The molecule has 1 N–H and O–H groups in total. The topological polar surface area (TPSA) is 85.3 Å². The van der Waals surface area contributed by atoms with Crippen LogP contribution in [0.1, 0.15) is 49.1 Å². The minimum absolute atomic E-state index is 0.0156. The van der Waals surface area contributed by atoms with Crippen LogP contribution in [0.5, 0.6) is 11.5 Å². The smallest absolute Gasteiger partial charge is 0.295 e. The summed E-state index contributed by atoms with van der Waals surface area (Å²) < 4.78 is 16.2. The van der Waals surface area contributed by atoms with Crippen molar-refractivity contribution < 1.29 is 28.9 Å². The molecule has 2 aromatic rings. The van der Waals surface area contributed by atoms with Gasteiger partial charge in [-0.05, 0) is 35.6 Å². The lowest BCUT2D eigenvalue weighted by molar-refractivity contribution is -0.140. The van der Waals surface area contributed by atoms with Crippen molar-refractivity contribution >= 4 is 17.4 Å². The third kappa shape index (κ3) is 4.53. The molecule has 1 atom stereocenters. The fourth-order valence-electron chi connectivity index (χ4n) is 4.24. The van der Waals surface area contributed by atoms with Gasteiger partial charge >= 0.3 is 0 Å². The quantitative estimate of drug-likeness (QED) is 0.370. The molecule has 7 nitrogen and oxygen atoms in total. The van der Waals surface area contributed by atoms with Crippen LogP contribution >= 0.6 is 0 Å². The fraction of sp³-hybridized carbons (Fsp3) is 0.407. The van der Waals surface area contributed by atoms with Gasteiger partial charge in [0.2, 0.25) is 0 Å². The predicted molar refractivity (Wildman–Crippen MR) is 130 cm³/mol. The summed E-state index contributed by atoms with van der Waals surface area (Å²) >= 11 is 0. The standard InChI is InChI=1S/C27H33NO6/c1-16-11-12-17(27(2,3)4)15-19(16)23(29)21-22(28(13-14-32-5)26(31)24(21)30)18-9-8-10-20(33-6)25(18)34-7/h8-12,15,22,29H,13-14H2,1-7H3/b23-21+. The number of aryl methyl sites for hydroxylation is 1. The second kappa shape index (κ2) is 9.89. The summed E-state index contributed by atoms with van der Waals surface area (Å²) in [6.07, 6.45) is 0. The Balaban J connectivity index is 2.31. The van der Waals surface area contributed by atoms with Crippen LogP contribution in [0, 0.1) is 6.92 Å². The Hall–Kier alpha value is -3.32. The van der Waals surface area contributed by atoms with Gasteiger partial charge in [-0.1, -0.05) is 45.0 Å². The maximum Gasteiger partial charge on any atom is 0.295 e. The van der Waals surface area contributed by atoms with Gasteiger partial charge in [0, 0.05) is 24.8 Å². The molecule has 0 aromatic heterocycles. The SMILES string of the molecule is COCCN1C(=O)C(=O)/C(=C(/O)c2cc(C(C)(C)C)ccc2C)C1c1cccc(OC)c1OC. The first-order chi connectivity index (χ1) is 16.1. The number of ether oxygens (including phenoxy) is 3. The molecule has 0 bridgehead atoms. The number of aliphatic hydroxyl groups is 1.